The van der Waals surface area contributed by atoms with Crippen molar-refractivity contribution in [2.75, 3.05) is 0 Å². The van der Waals surface area contributed by atoms with Crippen LogP contribution in [0.4, 0.5) is 0 Å². The smallest absolute Gasteiger partial charge is 0.132 e. The van der Waals surface area contributed by atoms with Crippen LogP contribution in [0.15, 0.2) is 0 Å². The second-order valence-corrected chi connectivity index (χ2v) is 4.59. The van der Waals surface area contributed by atoms with Crippen LogP contribution >= 0.6 is 0 Å². The van der Waals surface area contributed by atoms with Gasteiger partial charge < -0.3 is 5.11 Å². The Morgan fingerprint density at radius 2 is 2.08 bits per heavy atom. The van der Waals surface area contributed by atoms with Crippen molar-refractivity contribution in [2.45, 2.75) is 45.6 Å². The summed E-state index contributed by atoms with van der Waals surface area (Å²) in [5.74, 6) is 2.80. The highest BCUT2D eigenvalue weighted by molar-refractivity contribution is 5.17. The lowest BCUT2D eigenvalue weighted by atomic mass is 9.61. The van der Waals surface area contributed by atoms with Gasteiger partial charge in [0.1, 0.15) is 5.60 Å². The van der Waals surface area contributed by atoms with Gasteiger partial charge in [0, 0.05) is 5.41 Å². The first-order valence-electron chi connectivity index (χ1n) is 4.64. The summed E-state index contributed by atoms with van der Waals surface area (Å²) in [6.45, 7) is 6.16. The van der Waals surface area contributed by atoms with Crippen LogP contribution in [-0.2, 0) is 0 Å². The number of aliphatic hydroxyl groups is 1. The Hall–Kier alpha value is -0.480. The molecule has 68 valence electrons. The molecule has 0 aliphatic heterocycles. The van der Waals surface area contributed by atoms with Gasteiger partial charge in [-0.3, -0.25) is 0 Å². The van der Waals surface area contributed by atoms with Gasteiger partial charge in [-0.2, -0.15) is 0 Å². The molecule has 1 heteroatoms. The summed E-state index contributed by atoms with van der Waals surface area (Å²) in [4.78, 5) is 0. The molecule has 1 aliphatic carbocycles. The lowest BCUT2D eigenvalue weighted by molar-refractivity contribution is -0.0859. The van der Waals surface area contributed by atoms with Gasteiger partial charge >= 0.3 is 0 Å². The molecule has 0 unspecified atom stereocenters. The van der Waals surface area contributed by atoms with Crippen molar-refractivity contribution in [2.24, 2.45) is 11.3 Å². The van der Waals surface area contributed by atoms with Crippen LogP contribution in [0.3, 0.4) is 0 Å². The van der Waals surface area contributed by atoms with E-state index in [9.17, 15) is 5.11 Å². The average molecular weight is 166 g/mol. The zero-order valence-electron chi connectivity index (χ0n) is 8.22. The summed E-state index contributed by atoms with van der Waals surface area (Å²) < 4.78 is 0. The van der Waals surface area contributed by atoms with Crippen molar-refractivity contribution in [3.05, 3.63) is 0 Å². The lowest BCUT2D eigenvalue weighted by Crippen LogP contribution is -2.51. The molecular weight excluding hydrogens is 148 g/mol. The normalized spacial score (nSPS) is 40.4. The summed E-state index contributed by atoms with van der Waals surface area (Å²) >= 11 is 0. The Balaban J connectivity index is 2.98. The molecule has 1 nitrogen and oxygen atoms in total. The molecule has 0 aromatic rings. The molecule has 0 radical (unpaired) electrons. The largest absolute Gasteiger partial charge is 0.377 e. The van der Waals surface area contributed by atoms with Gasteiger partial charge in [-0.05, 0) is 18.8 Å². The van der Waals surface area contributed by atoms with E-state index in [2.05, 4.69) is 19.8 Å². The van der Waals surface area contributed by atoms with Crippen LogP contribution in [0.25, 0.3) is 0 Å². The standard InChI is InChI=1S/C11H18O/c1-5-11(12)9(2)7-6-8-10(11,3)4/h1,9,12H,6-8H2,2-4H3/t9-,11+/m1/s1. The minimum atomic E-state index is -0.898. The number of rotatable bonds is 0. The van der Waals surface area contributed by atoms with Gasteiger partial charge in [0.2, 0.25) is 0 Å². The highest BCUT2D eigenvalue weighted by Gasteiger charge is 2.48. The molecule has 1 aliphatic rings. The second-order valence-electron chi connectivity index (χ2n) is 4.59. The van der Waals surface area contributed by atoms with Crippen LogP contribution in [0.2, 0.25) is 0 Å². The number of hydrogen-bond donors (Lipinski definition) is 1. The van der Waals surface area contributed by atoms with E-state index in [1.54, 1.807) is 0 Å². The van der Waals surface area contributed by atoms with Crippen molar-refractivity contribution in [3.8, 4) is 12.3 Å². The predicted molar refractivity (Wildman–Crippen MR) is 50.6 cm³/mol. The maximum Gasteiger partial charge on any atom is 0.132 e. The quantitative estimate of drug-likeness (QED) is 0.547. The minimum absolute atomic E-state index is 0.126. The van der Waals surface area contributed by atoms with E-state index in [0.717, 1.165) is 12.8 Å². The lowest BCUT2D eigenvalue weighted by Gasteiger charge is -2.47. The fourth-order valence-electron chi connectivity index (χ4n) is 2.25. The van der Waals surface area contributed by atoms with Gasteiger partial charge in [-0.1, -0.05) is 33.1 Å². The molecule has 0 spiro atoms. The highest BCUT2D eigenvalue weighted by Crippen LogP contribution is 2.46. The fourth-order valence-corrected chi connectivity index (χ4v) is 2.25. The van der Waals surface area contributed by atoms with E-state index in [-0.39, 0.29) is 11.3 Å². The maximum atomic E-state index is 10.2. The monoisotopic (exact) mass is 166 g/mol. The first-order chi connectivity index (χ1) is 5.44. The first kappa shape index (κ1) is 9.61. The van der Waals surface area contributed by atoms with Crippen molar-refractivity contribution < 1.29 is 5.11 Å². The zero-order valence-corrected chi connectivity index (χ0v) is 8.22. The molecule has 0 heterocycles. The summed E-state index contributed by atoms with van der Waals surface area (Å²) in [6.07, 6.45) is 8.65. The molecule has 1 N–H and O–H groups in total. The van der Waals surface area contributed by atoms with E-state index in [0.29, 0.717) is 0 Å². The van der Waals surface area contributed by atoms with Crippen LogP contribution in [0.1, 0.15) is 40.0 Å². The molecule has 1 rings (SSSR count). The van der Waals surface area contributed by atoms with Gasteiger partial charge in [0.05, 0.1) is 0 Å². The third-order valence-electron chi connectivity index (χ3n) is 3.40. The zero-order chi connectivity index (χ0) is 9.41. The van der Waals surface area contributed by atoms with Crippen molar-refractivity contribution >= 4 is 0 Å². The van der Waals surface area contributed by atoms with E-state index in [1.165, 1.54) is 6.42 Å². The third kappa shape index (κ3) is 1.15. The minimum Gasteiger partial charge on any atom is -0.377 e. The van der Waals surface area contributed by atoms with Gasteiger partial charge in [0.25, 0.3) is 0 Å². The molecule has 2 atom stereocenters. The second kappa shape index (κ2) is 2.78. The molecule has 12 heavy (non-hydrogen) atoms. The van der Waals surface area contributed by atoms with Gasteiger partial charge in [-0.25, -0.2) is 0 Å². The van der Waals surface area contributed by atoms with Crippen LogP contribution < -0.4 is 0 Å². The van der Waals surface area contributed by atoms with Crippen molar-refractivity contribution in [1.29, 1.82) is 0 Å². The van der Waals surface area contributed by atoms with E-state index >= 15 is 0 Å². The maximum absolute atomic E-state index is 10.2. The Morgan fingerprint density at radius 3 is 2.42 bits per heavy atom. The molecule has 0 saturated heterocycles. The summed E-state index contributed by atoms with van der Waals surface area (Å²) in [5.41, 5.74) is -1.02. The van der Waals surface area contributed by atoms with Gasteiger partial charge in [-0.15, -0.1) is 6.42 Å². The summed E-state index contributed by atoms with van der Waals surface area (Å²) in [6, 6.07) is 0. The fraction of sp³-hybridized carbons (Fsp3) is 0.818. The molecule has 1 fully saturated rings. The average Bonchev–Trinajstić information content (AvgIpc) is 2.00. The van der Waals surface area contributed by atoms with Crippen LogP contribution in [0.5, 0.6) is 0 Å². The SMILES string of the molecule is C#C[C@]1(O)[C@H](C)CCCC1(C)C. The number of terminal acetylenes is 1. The van der Waals surface area contributed by atoms with Crippen LogP contribution in [0, 0.1) is 23.7 Å². The van der Waals surface area contributed by atoms with Crippen molar-refractivity contribution in [3.63, 3.8) is 0 Å². The van der Waals surface area contributed by atoms with Crippen LogP contribution in [-0.4, -0.2) is 10.7 Å². The highest BCUT2D eigenvalue weighted by atomic mass is 16.3. The topological polar surface area (TPSA) is 20.2 Å². The molecule has 0 bridgehead atoms. The third-order valence-corrected chi connectivity index (χ3v) is 3.40. The molecule has 0 aromatic heterocycles. The Morgan fingerprint density at radius 1 is 1.50 bits per heavy atom. The number of hydrogen-bond acceptors (Lipinski definition) is 1. The molecule has 0 amide bonds. The predicted octanol–water partition coefficient (Wildman–Crippen LogP) is 2.20. The van der Waals surface area contributed by atoms with Gasteiger partial charge in [0.15, 0.2) is 0 Å². The Bertz CT molecular complexity index is 212. The molecular formula is C11H18O. The first-order valence-corrected chi connectivity index (χ1v) is 4.64. The Labute approximate surface area is 75.2 Å². The summed E-state index contributed by atoms with van der Waals surface area (Å²) in [7, 11) is 0. The van der Waals surface area contributed by atoms with Crippen molar-refractivity contribution in [1.82, 2.24) is 0 Å². The molecule has 0 aromatic carbocycles. The van der Waals surface area contributed by atoms with E-state index in [4.69, 9.17) is 6.42 Å². The Kier molecular flexibility index (Phi) is 2.23. The van der Waals surface area contributed by atoms with E-state index < -0.39 is 5.60 Å². The van der Waals surface area contributed by atoms with E-state index in [1.807, 2.05) is 6.92 Å². The summed E-state index contributed by atoms with van der Waals surface area (Å²) in [5, 5.41) is 10.2. The molecule has 1 saturated carbocycles.